The van der Waals surface area contributed by atoms with Gasteiger partial charge >= 0.3 is 6.09 Å². The minimum Gasteiger partial charge on any atom is -0.444 e. The smallest absolute Gasteiger partial charge is 0.410 e. The molecular weight excluding hydrogens is 268 g/mol. The quantitative estimate of drug-likeness (QED) is 0.899. The second kappa shape index (κ2) is 5.93. The molecule has 1 amide bonds. The van der Waals surface area contributed by atoms with E-state index in [2.05, 4.69) is 5.32 Å². The Labute approximate surface area is 125 Å². The number of rotatable bonds is 3. The van der Waals surface area contributed by atoms with Crippen molar-refractivity contribution >= 4 is 11.8 Å². The maximum atomic E-state index is 11.8. The molecule has 21 heavy (non-hydrogen) atoms. The van der Waals surface area contributed by atoms with E-state index >= 15 is 0 Å². The molecular formula is C16H24N2O3. The van der Waals surface area contributed by atoms with Gasteiger partial charge in [0.2, 0.25) is 0 Å². The maximum Gasteiger partial charge on any atom is 0.410 e. The lowest BCUT2D eigenvalue weighted by molar-refractivity contribution is 0.0105. The van der Waals surface area contributed by atoms with Gasteiger partial charge in [0.05, 0.1) is 12.1 Å². The van der Waals surface area contributed by atoms with Crippen molar-refractivity contribution < 1.29 is 14.6 Å². The maximum absolute atomic E-state index is 11.8. The fraction of sp³-hybridized carbons (Fsp3) is 0.562. The van der Waals surface area contributed by atoms with Gasteiger partial charge in [-0.25, -0.2) is 4.79 Å². The summed E-state index contributed by atoms with van der Waals surface area (Å²) < 4.78 is 5.32. The summed E-state index contributed by atoms with van der Waals surface area (Å²) in [5, 5.41) is 12.9. The first-order chi connectivity index (χ1) is 9.74. The predicted molar refractivity (Wildman–Crippen MR) is 82.3 cm³/mol. The lowest BCUT2D eigenvalue weighted by Crippen LogP contribution is -2.57. The van der Waals surface area contributed by atoms with Crippen molar-refractivity contribution in [3.8, 4) is 0 Å². The summed E-state index contributed by atoms with van der Waals surface area (Å²) >= 11 is 0. The van der Waals surface area contributed by atoms with Crippen molar-refractivity contribution in [2.24, 2.45) is 0 Å². The van der Waals surface area contributed by atoms with Crippen molar-refractivity contribution in [3.63, 3.8) is 0 Å². The Balaban J connectivity index is 1.83. The van der Waals surface area contributed by atoms with E-state index in [0.29, 0.717) is 13.1 Å². The van der Waals surface area contributed by atoms with E-state index in [-0.39, 0.29) is 12.1 Å². The fourth-order valence-electron chi connectivity index (χ4n) is 2.17. The molecule has 0 spiro atoms. The molecule has 5 heteroatoms. The van der Waals surface area contributed by atoms with E-state index in [1.807, 2.05) is 45.0 Å². The van der Waals surface area contributed by atoms with Crippen LogP contribution in [0.1, 0.15) is 39.4 Å². The van der Waals surface area contributed by atoms with Gasteiger partial charge in [0, 0.05) is 18.8 Å². The van der Waals surface area contributed by atoms with E-state index in [4.69, 9.17) is 4.74 Å². The SMILES string of the molecule is CC(O)c1cccc(NC2CN(C(=O)OC(C)(C)C)C2)c1. The number of likely N-dealkylation sites (tertiary alicyclic amines) is 1. The first kappa shape index (κ1) is 15.6. The normalized spacial score (nSPS) is 17.1. The number of aliphatic hydroxyl groups excluding tert-OH is 1. The number of benzene rings is 1. The molecule has 116 valence electrons. The van der Waals surface area contributed by atoms with Gasteiger partial charge in [0.1, 0.15) is 5.60 Å². The minimum atomic E-state index is -0.480. The first-order valence-corrected chi connectivity index (χ1v) is 7.27. The van der Waals surface area contributed by atoms with Crippen LogP contribution in [0.15, 0.2) is 24.3 Å². The zero-order chi connectivity index (χ0) is 15.6. The summed E-state index contributed by atoms with van der Waals surface area (Å²) in [4.78, 5) is 13.5. The van der Waals surface area contributed by atoms with Crippen molar-refractivity contribution in [1.29, 1.82) is 0 Å². The van der Waals surface area contributed by atoms with Crippen LogP contribution in [0.5, 0.6) is 0 Å². The summed E-state index contributed by atoms with van der Waals surface area (Å²) in [6.07, 6.45) is -0.746. The summed E-state index contributed by atoms with van der Waals surface area (Å²) in [6, 6.07) is 7.92. The van der Waals surface area contributed by atoms with E-state index in [1.165, 1.54) is 0 Å². The van der Waals surface area contributed by atoms with Gasteiger partial charge in [0.15, 0.2) is 0 Å². The number of hydrogen-bond donors (Lipinski definition) is 2. The zero-order valence-corrected chi connectivity index (χ0v) is 13.1. The lowest BCUT2D eigenvalue weighted by Gasteiger charge is -2.40. The predicted octanol–water partition coefficient (Wildman–Crippen LogP) is 2.77. The number of ether oxygens (including phenoxy) is 1. The highest BCUT2D eigenvalue weighted by Gasteiger charge is 2.33. The van der Waals surface area contributed by atoms with E-state index < -0.39 is 11.7 Å². The molecule has 1 atom stereocenters. The van der Waals surface area contributed by atoms with Gasteiger partial charge in [-0.1, -0.05) is 12.1 Å². The van der Waals surface area contributed by atoms with Crippen molar-refractivity contribution in [2.75, 3.05) is 18.4 Å². The first-order valence-electron chi connectivity index (χ1n) is 7.27. The topological polar surface area (TPSA) is 61.8 Å². The number of carbonyl (C=O) groups excluding carboxylic acids is 1. The number of carbonyl (C=O) groups is 1. The third-order valence-electron chi connectivity index (χ3n) is 3.27. The molecule has 0 aliphatic carbocycles. The second-order valence-electron chi connectivity index (χ2n) is 6.53. The average molecular weight is 292 g/mol. The molecule has 1 aromatic carbocycles. The van der Waals surface area contributed by atoms with E-state index in [9.17, 15) is 9.90 Å². The number of nitrogens with one attached hydrogen (secondary N) is 1. The van der Waals surface area contributed by atoms with Crippen LogP contribution >= 0.6 is 0 Å². The van der Waals surface area contributed by atoms with Gasteiger partial charge in [-0.3, -0.25) is 0 Å². The highest BCUT2D eigenvalue weighted by Crippen LogP contribution is 2.21. The van der Waals surface area contributed by atoms with Gasteiger partial charge in [0.25, 0.3) is 0 Å². The number of amides is 1. The van der Waals surface area contributed by atoms with Gasteiger partial charge in [-0.05, 0) is 45.4 Å². The molecule has 1 aliphatic heterocycles. The Hall–Kier alpha value is -1.75. The average Bonchev–Trinajstić information content (AvgIpc) is 2.31. The lowest BCUT2D eigenvalue weighted by atomic mass is 10.1. The molecule has 1 saturated heterocycles. The van der Waals surface area contributed by atoms with Crippen LogP contribution in [-0.4, -0.2) is 40.8 Å². The van der Waals surface area contributed by atoms with Crippen molar-refractivity contribution in [2.45, 2.75) is 45.4 Å². The summed E-state index contributed by atoms with van der Waals surface area (Å²) in [7, 11) is 0. The Bertz CT molecular complexity index is 502. The van der Waals surface area contributed by atoms with Gasteiger partial charge in [-0.15, -0.1) is 0 Å². The largest absolute Gasteiger partial charge is 0.444 e. The van der Waals surface area contributed by atoms with Crippen molar-refractivity contribution in [1.82, 2.24) is 4.90 Å². The molecule has 0 radical (unpaired) electrons. The third kappa shape index (κ3) is 4.36. The molecule has 5 nitrogen and oxygen atoms in total. The van der Waals surface area contributed by atoms with Crippen LogP contribution in [0.2, 0.25) is 0 Å². The summed E-state index contributed by atoms with van der Waals surface area (Å²) in [5.41, 5.74) is 1.38. The number of hydrogen-bond acceptors (Lipinski definition) is 4. The van der Waals surface area contributed by atoms with E-state index in [0.717, 1.165) is 11.3 Å². The van der Waals surface area contributed by atoms with E-state index in [1.54, 1.807) is 11.8 Å². The number of aliphatic hydroxyl groups is 1. The highest BCUT2D eigenvalue weighted by molar-refractivity contribution is 5.69. The van der Waals surface area contributed by atoms with Crippen LogP contribution in [0.25, 0.3) is 0 Å². The standard InChI is InChI=1S/C16H24N2O3/c1-11(19)12-6-5-7-13(8-12)17-14-9-18(10-14)15(20)21-16(2,3)4/h5-8,11,14,17,19H,9-10H2,1-4H3. The molecule has 1 unspecified atom stereocenters. The molecule has 1 aliphatic rings. The van der Waals surface area contributed by atoms with Crippen LogP contribution in [-0.2, 0) is 4.74 Å². The van der Waals surface area contributed by atoms with Crippen LogP contribution in [0.4, 0.5) is 10.5 Å². The molecule has 1 heterocycles. The summed E-state index contributed by atoms with van der Waals surface area (Å²) in [6.45, 7) is 8.60. The summed E-state index contributed by atoms with van der Waals surface area (Å²) in [5.74, 6) is 0. The fourth-order valence-corrected chi connectivity index (χ4v) is 2.17. The highest BCUT2D eigenvalue weighted by atomic mass is 16.6. The van der Waals surface area contributed by atoms with Crippen LogP contribution in [0, 0.1) is 0 Å². The molecule has 1 fully saturated rings. The zero-order valence-electron chi connectivity index (χ0n) is 13.1. The molecule has 1 aromatic rings. The Morgan fingerprint density at radius 1 is 1.43 bits per heavy atom. The number of anilines is 1. The Kier molecular flexibility index (Phi) is 4.42. The van der Waals surface area contributed by atoms with Crippen molar-refractivity contribution in [3.05, 3.63) is 29.8 Å². The van der Waals surface area contributed by atoms with Gasteiger partial charge in [-0.2, -0.15) is 0 Å². The molecule has 0 saturated carbocycles. The molecule has 0 bridgehead atoms. The number of nitrogens with zero attached hydrogens (tertiary/aromatic N) is 1. The third-order valence-corrected chi connectivity index (χ3v) is 3.27. The molecule has 0 aromatic heterocycles. The van der Waals surface area contributed by atoms with Crippen LogP contribution < -0.4 is 5.32 Å². The Morgan fingerprint density at radius 3 is 2.67 bits per heavy atom. The van der Waals surface area contributed by atoms with Gasteiger partial charge < -0.3 is 20.1 Å². The Morgan fingerprint density at radius 2 is 2.10 bits per heavy atom. The second-order valence-corrected chi connectivity index (χ2v) is 6.53. The monoisotopic (exact) mass is 292 g/mol. The van der Waals surface area contributed by atoms with Crippen LogP contribution in [0.3, 0.4) is 0 Å². The molecule has 2 N–H and O–H groups in total. The minimum absolute atomic E-state index is 0.224. The molecule has 2 rings (SSSR count).